The summed E-state index contributed by atoms with van der Waals surface area (Å²) in [5.74, 6) is -1.40. The summed E-state index contributed by atoms with van der Waals surface area (Å²) in [5, 5.41) is 14.0. The highest BCUT2D eigenvalue weighted by molar-refractivity contribution is 6.30. The minimum Gasteiger partial charge on any atom is -0.481 e. The van der Waals surface area contributed by atoms with Crippen molar-refractivity contribution in [1.82, 2.24) is 14.7 Å². The fraction of sp³-hybridized carbons (Fsp3) is 0.353. The Hall–Kier alpha value is -2.34. The highest BCUT2D eigenvalue weighted by Crippen LogP contribution is 2.23. The average molecular weight is 348 g/mol. The summed E-state index contributed by atoms with van der Waals surface area (Å²) in [6.45, 7) is 2.76. The van der Waals surface area contributed by atoms with Crippen molar-refractivity contribution in [2.45, 2.75) is 13.3 Å². The molecule has 1 saturated heterocycles. The van der Waals surface area contributed by atoms with Crippen LogP contribution >= 0.6 is 11.6 Å². The predicted octanol–water partition coefficient (Wildman–Crippen LogP) is 2.71. The maximum Gasteiger partial charge on any atom is 0.308 e. The van der Waals surface area contributed by atoms with E-state index in [1.807, 2.05) is 19.1 Å². The molecule has 6 nitrogen and oxygen atoms in total. The first kappa shape index (κ1) is 16.5. The molecule has 2 heterocycles. The Kier molecular flexibility index (Phi) is 4.57. The van der Waals surface area contributed by atoms with Crippen molar-refractivity contribution in [3.05, 3.63) is 47.2 Å². The number of halogens is 1. The highest BCUT2D eigenvalue weighted by atomic mass is 35.5. The molecule has 0 aliphatic carbocycles. The smallest absolute Gasteiger partial charge is 0.308 e. The van der Waals surface area contributed by atoms with E-state index in [0.717, 1.165) is 5.69 Å². The average Bonchev–Trinajstić information content (AvgIpc) is 3.03. The number of carboxylic acids is 1. The predicted molar refractivity (Wildman–Crippen MR) is 89.4 cm³/mol. The number of carboxylic acid groups (broad SMARTS) is 1. The molecule has 7 heteroatoms. The van der Waals surface area contributed by atoms with Crippen LogP contribution in [0.1, 0.15) is 23.7 Å². The number of benzene rings is 1. The van der Waals surface area contributed by atoms with E-state index in [1.54, 1.807) is 27.9 Å². The zero-order valence-corrected chi connectivity index (χ0v) is 14.0. The fourth-order valence-electron chi connectivity index (χ4n) is 3.07. The number of amides is 1. The molecule has 24 heavy (non-hydrogen) atoms. The van der Waals surface area contributed by atoms with E-state index in [9.17, 15) is 14.7 Å². The summed E-state index contributed by atoms with van der Waals surface area (Å²) in [6.07, 6.45) is 3.74. The Morgan fingerprint density at radius 3 is 2.83 bits per heavy atom. The van der Waals surface area contributed by atoms with Crippen LogP contribution in [0.2, 0.25) is 5.02 Å². The van der Waals surface area contributed by atoms with E-state index in [2.05, 4.69) is 5.10 Å². The molecule has 1 aromatic heterocycles. The van der Waals surface area contributed by atoms with Gasteiger partial charge in [0, 0.05) is 24.3 Å². The van der Waals surface area contributed by atoms with E-state index in [1.165, 1.54) is 6.20 Å². The lowest BCUT2D eigenvalue weighted by molar-refractivity contribution is -0.143. The largest absolute Gasteiger partial charge is 0.481 e. The third-order valence-electron chi connectivity index (χ3n) is 4.20. The molecule has 1 aliphatic rings. The normalized spacial score (nSPS) is 20.8. The molecule has 0 radical (unpaired) electrons. The maximum absolute atomic E-state index is 12.7. The monoisotopic (exact) mass is 347 g/mol. The van der Waals surface area contributed by atoms with Gasteiger partial charge in [0.1, 0.15) is 0 Å². The van der Waals surface area contributed by atoms with Crippen LogP contribution in [0.3, 0.4) is 0 Å². The third-order valence-corrected chi connectivity index (χ3v) is 4.43. The molecule has 1 aromatic carbocycles. The number of hydrogen-bond acceptors (Lipinski definition) is 3. The van der Waals surface area contributed by atoms with E-state index in [-0.39, 0.29) is 18.4 Å². The molecule has 2 unspecified atom stereocenters. The topological polar surface area (TPSA) is 75.4 Å². The second-order valence-electron chi connectivity index (χ2n) is 6.24. The maximum atomic E-state index is 12.7. The van der Waals surface area contributed by atoms with Gasteiger partial charge < -0.3 is 10.0 Å². The van der Waals surface area contributed by atoms with Gasteiger partial charge in [-0.3, -0.25) is 9.59 Å². The minimum absolute atomic E-state index is 0.159. The Labute approximate surface area is 144 Å². The molecule has 0 bridgehead atoms. The lowest BCUT2D eigenvalue weighted by Crippen LogP contribution is -2.45. The van der Waals surface area contributed by atoms with E-state index >= 15 is 0 Å². The van der Waals surface area contributed by atoms with Gasteiger partial charge >= 0.3 is 5.97 Å². The molecule has 1 fully saturated rings. The van der Waals surface area contributed by atoms with Crippen molar-refractivity contribution < 1.29 is 14.7 Å². The van der Waals surface area contributed by atoms with Crippen LogP contribution in [0.15, 0.2) is 36.7 Å². The Morgan fingerprint density at radius 1 is 1.33 bits per heavy atom. The standard InChI is InChI=1S/C17H18ClN3O3/c1-11-5-12(17(23)24)9-20(8-11)16(22)13-7-19-21(10-13)15-4-2-3-14(18)6-15/h2-4,6-7,10-12H,5,8-9H2,1H3,(H,23,24). The van der Waals surface area contributed by atoms with Gasteiger partial charge in [0.15, 0.2) is 0 Å². The van der Waals surface area contributed by atoms with Gasteiger partial charge in [-0.2, -0.15) is 5.10 Å². The summed E-state index contributed by atoms with van der Waals surface area (Å²) in [6, 6.07) is 7.18. The van der Waals surface area contributed by atoms with Crippen molar-refractivity contribution in [1.29, 1.82) is 0 Å². The second-order valence-corrected chi connectivity index (χ2v) is 6.68. The number of carbonyl (C=O) groups excluding carboxylic acids is 1. The highest BCUT2D eigenvalue weighted by Gasteiger charge is 2.32. The van der Waals surface area contributed by atoms with Crippen LogP contribution in [-0.2, 0) is 4.79 Å². The van der Waals surface area contributed by atoms with Gasteiger partial charge in [-0.1, -0.05) is 24.6 Å². The molecular formula is C17H18ClN3O3. The van der Waals surface area contributed by atoms with Gasteiger partial charge in [0.2, 0.25) is 0 Å². The lowest BCUT2D eigenvalue weighted by Gasteiger charge is -2.34. The number of aliphatic carboxylic acids is 1. The van der Waals surface area contributed by atoms with Gasteiger partial charge in [0.05, 0.1) is 23.4 Å². The third kappa shape index (κ3) is 3.43. The van der Waals surface area contributed by atoms with Gasteiger partial charge in [-0.15, -0.1) is 0 Å². The first-order valence-corrected chi connectivity index (χ1v) is 8.14. The van der Waals surface area contributed by atoms with Crippen molar-refractivity contribution in [3.8, 4) is 5.69 Å². The molecule has 1 N–H and O–H groups in total. The first-order valence-electron chi connectivity index (χ1n) is 7.76. The molecule has 0 spiro atoms. The number of carbonyl (C=O) groups is 2. The Balaban J connectivity index is 1.79. The fourth-order valence-corrected chi connectivity index (χ4v) is 3.26. The molecule has 2 atom stereocenters. The summed E-state index contributed by atoms with van der Waals surface area (Å²) in [4.78, 5) is 25.5. The van der Waals surface area contributed by atoms with Crippen LogP contribution in [0.5, 0.6) is 0 Å². The molecule has 0 saturated carbocycles. The van der Waals surface area contributed by atoms with Gasteiger partial charge in [-0.25, -0.2) is 4.68 Å². The lowest BCUT2D eigenvalue weighted by atomic mass is 9.90. The zero-order valence-electron chi connectivity index (χ0n) is 13.2. The van der Waals surface area contributed by atoms with Crippen molar-refractivity contribution in [2.75, 3.05) is 13.1 Å². The minimum atomic E-state index is -0.853. The summed E-state index contributed by atoms with van der Waals surface area (Å²) >= 11 is 5.98. The van der Waals surface area contributed by atoms with Crippen LogP contribution < -0.4 is 0 Å². The number of hydrogen-bond donors (Lipinski definition) is 1. The summed E-state index contributed by atoms with van der Waals surface area (Å²) < 4.78 is 1.58. The van der Waals surface area contributed by atoms with E-state index in [0.29, 0.717) is 23.6 Å². The van der Waals surface area contributed by atoms with E-state index in [4.69, 9.17) is 11.6 Å². The van der Waals surface area contributed by atoms with Crippen LogP contribution in [0.25, 0.3) is 5.69 Å². The van der Waals surface area contributed by atoms with Crippen LogP contribution in [0.4, 0.5) is 0 Å². The molecule has 3 rings (SSSR count). The van der Waals surface area contributed by atoms with Gasteiger partial charge in [-0.05, 0) is 30.5 Å². The summed E-state index contributed by atoms with van der Waals surface area (Å²) in [5.41, 5.74) is 1.20. The number of piperidine rings is 1. The molecular weight excluding hydrogens is 330 g/mol. The van der Waals surface area contributed by atoms with Crippen molar-refractivity contribution >= 4 is 23.5 Å². The van der Waals surface area contributed by atoms with Crippen molar-refractivity contribution in [3.63, 3.8) is 0 Å². The van der Waals surface area contributed by atoms with Crippen LogP contribution in [0, 0.1) is 11.8 Å². The second kappa shape index (κ2) is 6.65. The number of nitrogens with zero attached hydrogens (tertiary/aromatic N) is 3. The molecule has 126 valence electrons. The van der Waals surface area contributed by atoms with Gasteiger partial charge in [0.25, 0.3) is 5.91 Å². The molecule has 2 aromatic rings. The number of rotatable bonds is 3. The van der Waals surface area contributed by atoms with Crippen molar-refractivity contribution in [2.24, 2.45) is 11.8 Å². The Bertz CT molecular complexity index is 774. The number of likely N-dealkylation sites (tertiary alicyclic amines) is 1. The zero-order chi connectivity index (χ0) is 17.3. The Morgan fingerprint density at radius 2 is 2.12 bits per heavy atom. The van der Waals surface area contributed by atoms with Crippen LogP contribution in [-0.4, -0.2) is 44.8 Å². The molecule has 1 aliphatic heterocycles. The summed E-state index contributed by atoms with van der Waals surface area (Å²) in [7, 11) is 0. The molecule has 1 amide bonds. The van der Waals surface area contributed by atoms with E-state index < -0.39 is 11.9 Å². The number of aromatic nitrogens is 2. The first-order chi connectivity index (χ1) is 11.4. The SMILES string of the molecule is CC1CC(C(=O)O)CN(C(=O)c2cnn(-c3cccc(Cl)c3)c2)C1. The quantitative estimate of drug-likeness (QED) is 0.926.